The van der Waals surface area contributed by atoms with Gasteiger partial charge in [-0.05, 0) is 24.6 Å². The van der Waals surface area contributed by atoms with Crippen molar-refractivity contribution in [2.75, 3.05) is 19.0 Å². The Morgan fingerprint density at radius 3 is 2.84 bits per heavy atom. The van der Waals surface area contributed by atoms with Gasteiger partial charge >= 0.3 is 0 Å². The first kappa shape index (κ1) is 16.8. The number of hydrogen-bond donors (Lipinski definition) is 2. The average molecular weight is 339 g/mol. The van der Waals surface area contributed by atoms with Crippen LogP contribution < -0.4 is 15.4 Å². The number of hydrogen-bond acceptors (Lipinski definition) is 5. The molecule has 7 nitrogen and oxygen atoms in total. The predicted octanol–water partition coefficient (Wildman–Crippen LogP) is 2.42. The molecule has 3 rings (SSSR count). The lowest BCUT2D eigenvalue weighted by molar-refractivity contribution is -0.121. The second kappa shape index (κ2) is 7.65. The van der Waals surface area contributed by atoms with Crippen LogP contribution in [0.2, 0.25) is 0 Å². The fourth-order valence-electron chi connectivity index (χ4n) is 2.57. The first-order chi connectivity index (χ1) is 12.2. The van der Waals surface area contributed by atoms with Crippen molar-refractivity contribution in [1.29, 1.82) is 0 Å². The van der Waals surface area contributed by atoms with Gasteiger partial charge in [-0.25, -0.2) is 4.98 Å². The standard InChI is InChI=1S/C18H21N5O2/c1-13(14-3-5-15(25-2)6-4-14)22-18(24)7-8-20-17-12-21-16-11-19-9-10-23(16)17/h3-6,9-13,20H,7-8H2,1-2H3,(H,22,24)/t13-/m1/s1. The molecule has 0 saturated heterocycles. The Labute approximate surface area is 146 Å². The summed E-state index contributed by atoms with van der Waals surface area (Å²) in [5.74, 6) is 1.63. The van der Waals surface area contributed by atoms with Gasteiger partial charge < -0.3 is 15.4 Å². The molecule has 2 heterocycles. The van der Waals surface area contributed by atoms with E-state index < -0.39 is 0 Å². The zero-order valence-electron chi connectivity index (χ0n) is 14.3. The quantitative estimate of drug-likeness (QED) is 0.691. The topological polar surface area (TPSA) is 80.5 Å². The third kappa shape index (κ3) is 4.06. The summed E-state index contributed by atoms with van der Waals surface area (Å²) in [6.07, 6.45) is 7.32. The number of methoxy groups -OCH3 is 1. The van der Waals surface area contributed by atoms with Gasteiger partial charge in [0.05, 0.1) is 25.5 Å². The molecule has 7 heteroatoms. The maximum Gasteiger partial charge on any atom is 0.222 e. The van der Waals surface area contributed by atoms with Crippen LogP contribution in [0.25, 0.3) is 5.65 Å². The molecule has 0 saturated carbocycles. The highest BCUT2D eigenvalue weighted by molar-refractivity contribution is 5.77. The van der Waals surface area contributed by atoms with Crippen LogP contribution >= 0.6 is 0 Å². The summed E-state index contributed by atoms with van der Waals surface area (Å²) in [5.41, 5.74) is 1.80. The monoisotopic (exact) mass is 339 g/mol. The number of fused-ring (bicyclic) bond motifs is 1. The number of nitrogens with zero attached hydrogens (tertiary/aromatic N) is 3. The molecular formula is C18H21N5O2. The minimum Gasteiger partial charge on any atom is -0.497 e. The molecule has 0 spiro atoms. The maximum atomic E-state index is 12.1. The first-order valence-electron chi connectivity index (χ1n) is 8.11. The van der Waals surface area contributed by atoms with Gasteiger partial charge in [0.25, 0.3) is 0 Å². The first-order valence-corrected chi connectivity index (χ1v) is 8.11. The zero-order chi connectivity index (χ0) is 17.6. The van der Waals surface area contributed by atoms with Crippen LogP contribution in [-0.2, 0) is 4.79 Å². The molecule has 2 N–H and O–H groups in total. The number of ether oxygens (including phenoxy) is 1. The molecular weight excluding hydrogens is 318 g/mol. The van der Waals surface area contributed by atoms with E-state index in [0.717, 1.165) is 22.8 Å². The number of carbonyl (C=O) groups is 1. The number of anilines is 1. The minimum absolute atomic E-state index is 0.00805. The highest BCUT2D eigenvalue weighted by Gasteiger charge is 2.10. The van der Waals surface area contributed by atoms with Crippen molar-refractivity contribution < 1.29 is 9.53 Å². The number of nitrogens with one attached hydrogen (secondary N) is 2. The van der Waals surface area contributed by atoms with Crippen molar-refractivity contribution in [1.82, 2.24) is 19.7 Å². The Bertz CT molecular complexity index is 844. The molecule has 25 heavy (non-hydrogen) atoms. The van der Waals surface area contributed by atoms with E-state index in [2.05, 4.69) is 20.6 Å². The molecule has 1 aromatic carbocycles. The Kier molecular flexibility index (Phi) is 5.13. The van der Waals surface area contributed by atoms with E-state index in [1.165, 1.54) is 0 Å². The molecule has 1 atom stereocenters. The van der Waals surface area contributed by atoms with Crippen LogP contribution in [0.4, 0.5) is 5.82 Å². The summed E-state index contributed by atoms with van der Waals surface area (Å²) >= 11 is 0. The van der Waals surface area contributed by atoms with Crippen molar-refractivity contribution in [3.63, 3.8) is 0 Å². The second-order valence-electron chi connectivity index (χ2n) is 5.69. The number of carbonyl (C=O) groups excluding carboxylic acids is 1. The molecule has 130 valence electrons. The lowest BCUT2D eigenvalue weighted by Crippen LogP contribution is -2.28. The van der Waals surface area contributed by atoms with E-state index in [1.54, 1.807) is 25.7 Å². The number of rotatable bonds is 7. The van der Waals surface area contributed by atoms with Gasteiger partial charge in [0.15, 0.2) is 5.65 Å². The highest BCUT2D eigenvalue weighted by Crippen LogP contribution is 2.17. The minimum atomic E-state index is -0.0553. The summed E-state index contributed by atoms with van der Waals surface area (Å²) in [7, 11) is 1.63. The number of benzene rings is 1. The second-order valence-corrected chi connectivity index (χ2v) is 5.69. The highest BCUT2D eigenvalue weighted by atomic mass is 16.5. The smallest absolute Gasteiger partial charge is 0.222 e. The van der Waals surface area contributed by atoms with E-state index >= 15 is 0 Å². The lowest BCUT2D eigenvalue weighted by atomic mass is 10.1. The van der Waals surface area contributed by atoms with Crippen molar-refractivity contribution in [2.45, 2.75) is 19.4 Å². The van der Waals surface area contributed by atoms with Crippen LogP contribution in [0.5, 0.6) is 5.75 Å². The van der Waals surface area contributed by atoms with Gasteiger partial charge in [-0.3, -0.25) is 14.2 Å². The molecule has 3 aromatic rings. The Balaban J connectivity index is 1.49. The summed E-state index contributed by atoms with van der Waals surface area (Å²) < 4.78 is 7.04. The van der Waals surface area contributed by atoms with Crippen molar-refractivity contribution in [3.05, 3.63) is 54.6 Å². The predicted molar refractivity (Wildman–Crippen MR) is 95.6 cm³/mol. The fourth-order valence-corrected chi connectivity index (χ4v) is 2.57. The van der Waals surface area contributed by atoms with Crippen molar-refractivity contribution in [2.24, 2.45) is 0 Å². The van der Waals surface area contributed by atoms with Gasteiger partial charge in [0.2, 0.25) is 5.91 Å². The number of amides is 1. The van der Waals surface area contributed by atoms with E-state index in [4.69, 9.17) is 4.74 Å². The Hall–Kier alpha value is -3.09. The normalized spacial score (nSPS) is 11.9. The van der Waals surface area contributed by atoms with Crippen LogP contribution in [0, 0.1) is 0 Å². The lowest BCUT2D eigenvalue weighted by Gasteiger charge is -2.15. The maximum absolute atomic E-state index is 12.1. The molecule has 0 unspecified atom stereocenters. The fraction of sp³-hybridized carbons (Fsp3) is 0.278. The van der Waals surface area contributed by atoms with E-state index in [9.17, 15) is 4.79 Å². The summed E-state index contributed by atoms with van der Waals surface area (Å²) in [4.78, 5) is 20.4. The van der Waals surface area contributed by atoms with E-state index in [0.29, 0.717) is 13.0 Å². The summed E-state index contributed by atoms with van der Waals surface area (Å²) in [5, 5.41) is 6.22. The van der Waals surface area contributed by atoms with Crippen molar-refractivity contribution in [3.8, 4) is 5.75 Å². The Morgan fingerprint density at radius 2 is 2.08 bits per heavy atom. The third-order valence-electron chi connectivity index (χ3n) is 3.97. The Morgan fingerprint density at radius 1 is 1.28 bits per heavy atom. The van der Waals surface area contributed by atoms with Gasteiger partial charge in [0.1, 0.15) is 11.6 Å². The SMILES string of the molecule is COc1ccc([C@@H](C)NC(=O)CCNc2cnc3cnccn23)cc1. The molecule has 0 aliphatic carbocycles. The van der Waals surface area contributed by atoms with Gasteiger partial charge in [-0.15, -0.1) is 0 Å². The molecule has 2 aromatic heterocycles. The van der Waals surface area contributed by atoms with Crippen LogP contribution in [-0.4, -0.2) is 33.9 Å². The number of aromatic nitrogens is 3. The average Bonchev–Trinajstić information content (AvgIpc) is 3.05. The van der Waals surface area contributed by atoms with E-state index in [1.807, 2.05) is 41.8 Å². The molecule has 1 amide bonds. The zero-order valence-corrected chi connectivity index (χ0v) is 14.3. The van der Waals surface area contributed by atoms with Crippen LogP contribution in [0.15, 0.2) is 49.1 Å². The number of imidazole rings is 1. The van der Waals surface area contributed by atoms with Gasteiger partial charge in [-0.2, -0.15) is 0 Å². The molecule has 0 radical (unpaired) electrons. The van der Waals surface area contributed by atoms with Crippen LogP contribution in [0.3, 0.4) is 0 Å². The molecule has 0 aliphatic rings. The molecule has 0 aliphatic heterocycles. The largest absolute Gasteiger partial charge is 0.497 e. The third-order valence-corrected chi connectivity index (χ3v) is 3.97. The summed E-state index contributed by atoms with van der Waals surface area (Å²) in [6.45, 7) is 2.49. The molecule has 0 fully saturated rings. The molecule has 0 bridgehead atoms. The van der Waals surface area contributed by atoms with Crippen LogP contribution in [0.1, 0.15) is 24.9 Å². The van der Waals surface area contributed by atoms with Crippen molar-refractivity contribution >= 4 is 17.4 Å². The van der Waals surface area contributed by atoms with Gasteiger partial charge in [-0.1, -0.05) is 12.1 Å². The summed E-state index contributed by atoms with van der Waals surface area (Å²) in [6, 6.07) is 7.63. The van der Waals surface area contributed by atoms with E-state index in [-0.39, 0.29) is 11.9 Å². The van der Waals surface area contributed by atoms with Gasteiger partial charge in [0, 0.05) is 25.4 Å².